The lowest BCUT2D eigenvalue weighted by atomic mass is 9.98. The molecule has 0 amide bonds. The highest BCUT2D eigenvalue weighted by atomic mass is 35.5. The smallest absolute Gasteiger partial charge is 0.302 e. The fourth-order valence-electron chi connectivity index (χ4n) is 2.24. The molecule has 0 unspecified atom stereocenters. The Kier molecular flexibility index (Phi) is 6.78. The minimum atomic E-state index is -0.372. The largest absolute Gasteiger partial charge is 0.497 e. The van der Waals surface area contributed by atoms with E-state index in [2.05, 4.69) is 0 Å². The summed E-state index contributed by atoms with van der Waals surface area (Å²) in [6.45, 7) is 1.49. The third kappa shape index (κ3) is 5.76. The van der Waals surface area contributed by atoms with Crippen molar-refractivity contribution in [3.05, 3.63) is 70.3 Å². The molecule has 25 heavy (non-hydrogen) atoms. The van der Waals surface area contributed by atoms with Gasteiger partial charge in [0.2, 0.25) is 0 Å². The van der Waals surface area contributed by atoms with Gasteiger partial charge in [-0.2, -0.15) is 0 Å². The lowest BCUT2D eigenvalue weighted by Crippen LogP contribution is -2.08. The van der Waals surface area contributed by atoms with Gasteiger partial charge in [0.25, 0.3) is 0 Å². The van der Waals surface area contributed by atoms with Crippen molar-refractivity contribution >= 4 is 29.4 Å². The number of hydrogen-bond donors (Lipinski definition) is 0. The summed E-state index contributed by atoms with van der Waals surface area (Å²) in [4.78, 5) is 23.8. The standard InChI is InChI=1S/C20H19ClO4/c1-14(22)25-12-11-17(13-15-3-7-18(21)8-4-15)20(23)16-5-9-19(24-2)10-6-16/h3-10,13H,11-12H2,1-2H3/b17-13+. The van der Waals surface area contributed by atoms with E-state index in [4.69, 9.17) is 21.1 Å². The fraction of sp³-hybridized carbons (Fsp3) is 0.200. The Labute approximate surface area is 152 Å². The molecule has 0 aliphatic rings. The van der Waals surface area contributed by atoms with Crippen molar-refractivity contribution in [1.29, 1.82) is 0 Å². The number of hydrogen-bond acceptors (Lipinski definition) is 4. The first kappa shape index (κ1) is 18.7. The Morgan fingerprint density at radius 2 is 1.68 bits per heavy atom. The third-order valence-electron chi connectivity index (χ3n) is 3.53. The van der Waals surface area contributed by atoms with Gasteiger partial charge in [0.05, 0.1) is 13.7 Å². The number of carbonyl (C=O) groups is 2. The quantitative estimate of drug-likeness (QED) is 0.413. The molecule has 5 heteroatoms. The maximum absolute atomic E-state index is 12.8. The summed E-state index contributed by atoms with van der Waals surface area (Å²) in [6, 6.07) is 14.1. The number of carbonyl (C=O) groups excluding carboxylic acids is 2. The topological polar surface area (TPSA) is 52.6 Å². The van der Waals surface area contributed by atoms with Gasteiger partial charge >= 0.3 is 5.97 Å². The van der Waals surface area contributed by atoms with E-state index in [0.29, 0.717) is 28.3 Å². The highest BCUT2D eigenvalue weighted by Gasteiger charge is 2.13. The van der Waals surface area contributed by atoms with Gasteiger partial charge in [0, 0.05) is 29.5 Å². The summed E-state index contributed by atoms with van der Waals surface area (Å²) in [5, 5.41) is 0.625. The monoisotopic (exact) mass is 358 g/mol. The number of rotatable bonds is 7. The van der Waals surface area contributed by atoms with Crippen LogP contribution in [0.1, 0.15) is 29.3 Å². The van der Waals surface area contributed by atoms with Crippen molar-refractivity contribution in [1.82, 2.24) is 0 Å². The number of ketones is 1. The van der Waals surface area contributed by atoms with Crippen LogP contribution in [0.4, 0.5) is 0 Å². The molecule has 0 saturated carbocycles. The molecule has 0 aliphatic heterocycles. The molecule has 0 spiro atoms. The van der Waals surface area contributed by atoms with Gasteiger partial charge in [-0.25, -0.2) is 0 Å². The van der Waals surface area contributed by atoms with Crippen molar-refractivity contribution in [2.75, 3.05) is 13.7 Å². The lowest BCUT2D eigenvalue weighted by molar-refractivity contribution is -0.140. The summed E-state index contributed by atoms with van der Waals surface area (Å²) < 4.78 is 10.1. The molecule has 2 rings (SSSR count). The molecule has 2 aromatic carbocycles. The number of benzene rings is 2. The Morgan fingerprint density at radius 1 is 1.04 bits per heavy atom. The molecule has 0 aliphatic carbocycles. The van der Waals surface area contributed by atoms with Crippen LogP contribution >= 0.6 is 11.6 Å². The first-order chi connectivity index (χ1) is 12.0. The average Bonchev–Trinajstić information content (AvgIpc) is 2.62. The summed E-state index contributed by atoms with van der Waals surface area (Å²) in [6.07, 6.45) is 2.11. The van der Waals surface area contributed by atoms with Crippen LogP contribution in [0, 0.1) is 0 Å². The molecule has 0 aromatic heterocycles. The van der Waals surface area contributed by atoms with E-state index in [1.54, 1.807) is 49.6 Å². The third-order valence-corrected chi connectivity index (χ3v) is 3.78. The van der Waals surface area contributed by atoms with Gasteiger partial charge in [-0.15, -0.1) is 0 Å². The fourth-order valence-corrected chi connectivity index (χ4v) is 2.37. The SMILES string of the molecule is COc1ccc(C(=O)/C(=C/c2ccc(Cl)cc2)CCOC(C)=O)cc1. The van der Waals surface area contributed by atoms with Crippen molar-refractivity contribution in [2.45, 2.75) is 13.3 Å². The molecule has 0 bridgehead atoms. The molecule has 0 fully saturated rings. The summed E-state index contributed by atoms with van der Waals surface area (Å²) in [5.74, 6) is 0.187. The Morgan fingerprint density at radius 3 is 2.24 bits per heavy atom. The zero-order valence-electron chi connectivity index (χ0n) is 14.1. The molecule has 0 heterocycles. The first-order valence-electron chi connectivity index (χ1n) is 7.78. The molecular weight excluding hydrogens is 340 g/mol. The van der Waals surface area contributed by atoms with Crippen LogP contribution in [0.25, 0.3) is 6.08 Å². The Balaban J connectivity index is 2.26. The van der Waals surface area contributed by atoms with Crippen LogP contribution < -0.4 is 4.74 Å². The minimum Gasteiger partial charge on any atom is -0.497 e. The van der Waals surface area contributed by atoms with Gasteiger partial charge in [-0.05, 0) is 48.0 Å². The van der Waals surface area contributed by atoms with Gasteiger partial charge in [-0.1, -0.05) is 23.7 Å². The predicted octanol–water partition coefficient (Wildman–Crippen LogP) is 4.57. The summed E-state index contributed by atoms with van der Waals surface area (Å²) in [5.41, 5.74) is 1.95. The van der Waals surface area contributed by atoms with E-state index >= 15 is 0 Å². The second kappa shape index (κ2) is 9.04. The molecule has 2 aromatic rings. The summed E-state index contributed by atoms with van der Waals surface area (Å²) >= 11 is 5.90. The average molecular weight is 359 g/mol. The molecule has 130 valence electrons. The van der Waals surface area contributed by atoms with Crippen LogP contribution in [-0.4, -0.2) is 25.5 Å². The van der Waals surface area contributed by atoms with E-state index in [1.165, 1.54) is 6.92 Å². The maximum Gasteiger partial charge on any atom is 0.302 e. The van der Waals surface area contributed by atoms with E-state index < -0.39 is 0 Å². The molecule has 0 atom stereocenters. The summed E-state index contributed by atoms with van der Waals surface area (Å²) in [7, 11) is 1.57. The van der Waals surface area contributed by atoms with E-state index in [1.807, 2.05) is 12.1 Å². The van der Waals surface area contributed by atoms with Crippen molar-refractivity contribution in [3.63, 3.8) is 0 Å². The minimum absolute atomic E-state index is 0.121. The van der Waals surface area contributed by atoms with E-state index in [-0.39, 0.29) is 18.4 Å². The number of halogens is 1. The highest BCUT2D eigenvalue weighted by Crippen LogP contribution is 2.20. The van der Waals surface area contributed by atoms with Crippen LogP contribution in [0.3, 0.4) is 0 Å². The first-order valence-corrected chi connectivity index (χ1v) is 8.15. The lowest BCUT2D eigenvalue weighted by Gasteiger charge is -2.09. The molecule has 0 N–H and O–H groups in total. The molecular formula is C20H19ClO4. The van der Waals surface area contributed by atoms with Crippen molar-refractivity contribution < 1.29 is 19.1 Å². The molecule has 0 radical (unpaired) electrons. The molecule has 4 nitrogen and oxygen atoms in total. The van der Waals surface area contributed by atoms with Crippen LogP contribution in [0.2, 0.25) is 5.02 Å². The second-order valence-electron chi connectivity index (χ2n) is 5.37. The zero-order valence-corrected chi connectivity index (χ0v) is 14.9. The van der Waals surface area contributed by atoms with Crippen LogP contribution in [-0.2, 0) is 9.53 Å². The second-order valence-corrected chi connectivity index (χ2v) is 5.81. The van der Waals surface area contributed by atoms with Gasteiger partial charge in [0.15, 0.2) is 5.78 Å². The zero-order chi connectivity index (χ0) is 18.2. The maximum atomic E-state index is 12.8. The normalized spacial score (nSPS) is 11.1. The number of methoxy groups -OCH3 is 1. The predicted molar refractivity (Wildman–Crippen MR) is 98.0 cm³/mol. The van der Waals surface area contributed by atoms with E-state index in [9.17, 15) is 9.59 Å². The molecule has 0 saturated heterocycles. The Bertz CT molecular complexity index is 761. The number of ether oxygens (including phenoxy) is 2. The van der Waals surface area contributed by atoms with E-state index in [0.717, 1.165) is 5.56 Å². The number of esters is 1. The highest BCUT2D eigenvalue weighted by molar-refractivity contribution is 6.30. The van der Waals surface area contributed by atoms with Crippen LogP contribution in [0.15, 0.2) is 54.1 Å². The van der Waals surface area contributed by atoms with Crippen molar-refractivity contribution in [3.8, 4) is 5.75 Å². The van der Waals surface area contributed by atoms with Gasteiger partial charge < -0.3 is 9.47 Å². The Hall–Kier alpha value is -2.59. The van der Waals surface area contributed by atoms with Crippen LogP contribution in [0.5, 0.6) is 5.75 Å². The van der Waals surface area contributed by atoms with Gasteiger partial charge in [0.1, 0.15) is 5.75 Å². The van der Waals surface area contributed by atoms with Gasteiger partial charge in [-0.3, -0.25) is 9.59 Å². The van der Waals surface area contributed by atoms with Crippen molar-refractivity contribution in [2.24, 2.45) is 0 Å². The number of Topliss-reactive ketones (excluding diaryl/α,β-unsaturated/α-hetero) is 1.